The lowest BCUT2D eigenvalue weighted by Gasteiger charge is -2.23. The summed E-state index contributed by atoms with van der Waals surface area (Å²) in [5, 5.41) is 22.4. The van der Waals surface area contributed by atoms with Gasteiger partial charge in [0, 0.05) is 19.7 Å². The Morgan fingerprint density at radius 2 is 2.28 bits per heavy atom. The van der Waals surface area contributed by atoms with Crippen LogP contribution in [0.25, 0.3) is 0 Å². The van der Waals surface area contributed by atoms with E-state index in [0.29, 0.717) is 12.4 Å². The lowest BCUT2D eigenvalue weighted by atomic mass is 10.1. The molecule has 18 heavy (non-hydrogen) atoms. The van der Waals surface area contributed by atoms with Crippen molar-refractivity contribution in [2.24, 2.45) is 0 Å². The van der Waals surface area contributed by atoms with Crippen LogP contribution in [0.2, 0.25) is 0 Å². The summed E-state index contributed by atoms with van der Waals surface area (Å²) >= 11 is 0. The maximum absolute atomic E-state index is 10.6. The predicted molar refractivity (Wildman–Crippen MR) is 65.2 cm³/mol. The van der Waals surface area contributed by atoms with Crippen LogP contribution >= 0.6 is 0 Å². The van der Waals surface area contributed by atoms with Gasteiger partial charge >= 0.3 is 5.69 Å². The number of methoxy groups -OCH3 is 1. The van der Waals surface area contributed by atoms with Gasteiger partial charge in [-0.1, -0.05) is 0 Å². The Balaban J connectivity index is 2.88. The van der Waals surface area contributed by atoms with Crippen molar-refractivity contribution >= 4 is 11.5 Å². The Labute approximate surface area is 105 Å². The Morgan fingerprint density at radius 3 is 2.78 bits per heavy atom. The molecule has 0 saturated carbocycles. The fourth-order valence-corrected chi connectivity index (χ4v) is 1.16. The van der Waals surface area contributed by atoms with Gasteiger partial charge in [-0.3, -0.25) is 10.1 Å². The molecule has 0 amide bonds. The van der Waals surface area contributed by atoms with Gasteiger partial charge in [0.25, 0.3) is 0 Å². The minimum absolute atomic E-state index is 0.208. The molecule has 0 unspecified atom stereocenters. The first kappa shape index (κ1) is 13.9. The Morgan fingerprint density at radius 1 is 1.61 bits per heavy atom. The van der Waals surface area contributed by atoms with Gasteiger partial charge < -0.3 is 10.1 Å². The highest BCUT2D eigenvalue weighted by atomic mass is 16.6. The molecule has 1 aromatic rings. The Hall–Kier alpha value is -2.20. The summed E-state index contributed by atoms with van der Waals surface area (Å²) in [5.74, 6) is 0.405. The van der Waals surface area contributed by atoms with Gasteiger partial charge in [0.05, 0.1) is 10.5 Å². The van der Waals surface area contributed by atoms with Gasteiger partial charge in [0.1, 0.15) is 11.9 Å². The molecule has 1 aromatic heterocycles. The number of hydrogen-bond donors (Lipinski definition) is 1. The largest absolute Gasteiger partial charge is 0.377 e. The van der Waals surface area contributed by atoms with Crippen LogP contribution in [0.5, 0.6) is 0 Å². The minimum atomic E-state index is -0.631. The average Bonchev–Trinajstić information content (AvgIpc) is 2.36. The molecule has 1 N–H and O–H groups in total. The molecule has 96 valence electrons. The Bertz CT molecular complexity index is 494. The van der Waals surface area contributed by atoms with Crippen molar-refractivity contribution in [1.82, 2.24) is 4.98 Å². The fraction of sp³-hybridized carbons (Fsp3) is 0.455. The van der Waals surface area contributed by atoms with Crippen LogP contribution in [0.4, 0.5) is 11.5 Å². The molecular weight excluding hydrogens is 236 g/mol. The molecule has 0 aliphatic heterocycles. The lowest BCUT2D eigenvalue weighted by molar-refractivity contribution is -0.385. The second-order valence-electron chi connectivity index (χ2n) is 4.25. The molecule has 7 nitrogen and oxygen atoms in total. The molecule has 0 atom stereocenters. The molecule has 0 aromatic carbocycles. The van der Waals surface area contributed by atoms with E-state index in [1.165, 1.54) is 12.1 Å². The number of nitrogens with one attached hydrogen (secondary N) is 1. The first-order chi connectivity index (χ1) is 8.39. The summed E-state index contributed by atoms with van der Waals surface area (Å²) in [5.41, 5.74) is -0.898. The van der Waals surface area contributed by atoms with Crippen LogP contribution in [0.3, 0.4) is 0 Å². The molecule has 0 bridgehead atoms. The topological polar surface area (TPSA) is 101 Å². The molecule has 0 aliphatic rings. The highest BCUT2D eigenvalue weighted by molar-refractivity contribution is 5.50. The summed E-state index contributed by atoms with van der Waals surface area (Å²) < 4.78 is 5.21. The van der Waals surface area contributed by atoms with Crippen molar-refractivity contribution in [1.29, 1.82) is 5.26 Å². The van der Waals surface area contributed by atoms with E-state index >= 15 is 0 Å². The third-order valence-electron chi connectivity index (χ3n) is 2.42. The van der Waals surface area contributed by atoms with E-state index in [4.69, 9.17) is 10.00 Å². The van der Waals surface area contributed by atoms with Crippen molar-refractivity contribution in [3.8, 4) is 6.07 Å². The first-order valence-electron chi connectivity index (χ1n) is 5.24. The molecule has 0 spiro atoms. The zero-order valence-electron chi connectivity index (χ0n) is 10.4. The van der Waals surface area contributed by atoms with Crippen LogP contribution in [0.15, 0.2) is 12.1 Å². The highest BCUT2D eigenvalue weighted by Gasteiger charge is 2.18. The van der Waals surface area contributed by atoms with Gasteiger partial charge in [-0.15, -0.1) is 0 Å². The van der Waals surface area contributed by atoms with E-state index in [1.807, 2.05) is 13.8 Å². The number of ether oxygens (including phenoxy) is 1. The van der Waals surface area contributed by atoms with Crippen LogP contribution in [0.1, 0.15) is 19.5 Å². The normalized spacial score (nSPS) is 10.8. The second kappa shape index (κ2) is 5.42. The predicted octanol–water partition coefficient (Wildman–Crippen LogP) is 1.70. The number of nitro groups is 1. The molecule has 0 aliphatic carbocycles. The monoisotopic (exact) mass is 250 g/mol. The van der Waals surface area contributed by atoms with Gasteiger partial charge in [0.15, 0.2) is 0 Å². The van der Waals surface area contributed by atoms with Crippen molar-refractivity contribution in [3.05, 3.63) is 27.9 Å². The van der Waals surface area contributed by atoms with E-state index < -0.39 is 10.5 Å². The van der Waals surface area contributed by atoms with Crippen LogP contribution < -0.4 is 5.32 Å². The van der Waals surface area contributed by atoms with Crippen molar-refractivity contribution < 1.29 is 9.66 Å². The molecule has 1 heterocycles. The first-order valence-corrected chi connectivity index (χ1v) is 5.24. The number of aromatic nitrogens is 1. The van der Waals surface area contributed by atoms with E-state index in [2.05, 4.69) is 10.3 Å². The smallest absolute Gasteiger partial charge is 0.305 e. The SMILES string of the molecule is COC(C)(C)CNc1ccc([N+](=O)[O-])c(C#N)n1. The number of pyridine rings is 1. The average molecular weight is 250 g/mol. The number of hydrogen-bond acceptors (Lipinski definition) is 6. The summed E-state index contributed by atoms with van der Waals surface area (Å²) in [7, 11) is 1.59. The molecule has 0 radical (unpaired) electrons. The fourth-order valence-electron chi connectivity index (χ4n) is 1.16. The second-order valence-corrected chi connectivity index (χ2v) is 4.25. The minimum Gasteiger partial charge on any atom is -0.377 e. The standard InChI is InChI=1S/C11H14N4O3/c1-11(2,18-3)7-13-10-5-4-9(15(16)17)8(6-12)14-10/h4-5H,7H2,1-3H3,(H,13,14). The molecule has 7 heteroatoms. The van der Waals surface area contributed by atoms with Crippen LogP contribution in [-0.2, 0) is 4.74 Å². The third kappa shape index (κ3) is 3.40. The van der Waals surface area contributed by atoms with Gasteiger partial charge in [0.2, 0.25) is 5.69 Å². The zero-order valence-corrected chi connectivity index (χ0v) is 10.4. The van der Waals surface area contributed by atoms with Gasteiger partial charge in [-0.05, 0) is 19.9 Å². The lowest BCUT2D eigenvalue weighted by Crippen LogP contribution is -2.32. The molecule has 0 saturated heterocycles. The summed E-state index contributed by atoms with van der Waals surface area (Å²) in [6, 6.07) is 4.43. The van der Waals surface area contributed by atoms with Gasteiger partial charge in [-0.25, -0.2) is 4.98 Å². The number of rotatable bonds is 5. The third-order valence-corrected chi connectivity index (χ3v) is 2.42. The number of nitrogens with zero attached hydrogens (tertiary/aromatic N) is 3. The molecule has 1 rings (SSSR count). The van der Waals surface area contributed by atoms with Crippen LogP contribution in [-0.4, -0.2) is 29.2 Å². The van der Waals surface area contributed by atoms with Crippen molar-refractivity contribution in [2.45, 2.75) is 19.4 Å². The highest BCUT2D eigenvalue weighted by Crippen LogP contribution is 2.18. The van der Waals surface area contributed by atoms with Crippen LogP contribution in [0, 0.1) is 21.4 Å². The zero-order chi connectivity index (χ0) is 13.8. The maximum atomic E-state index is 10.6. The van der Waals surface area contributed by atoms with Crippen molar-refractivity contribution in [3.63, 3.8) is 0 Å². The quantitative estimate of drug-likeness (QED) is 0.630. The summed E-state index contributed by atoms with van der Waals surface area (Å²) in [6.45, 7) is 4.24. The number of anilines is 1. The van der Waals surface area contributed by atoms with E-state index in [9.17, 15) is 10.1 Å². The molecular formula is C11H14N4O3. The summed E-state index contributed by atoms with van der Waals surface area (Å²) in [4.78, 5) is 13.9. The van der Waals surface area contributed by atoms with Crippen molar-refractivity contribution in [2.75, 3.05) is 19.0 Å². The Kier molecular flexibility index (Phi) is 4.18. The maximum Gasteiger partial charge on any atom is 0.305 e. The number of nitriles is 1. The van der Waals surface area contributed by atoms with E-state index in [1.54, 1.807) is 13.2 Å². The molecule has 0 fully saturated rings. The van der Waals surface area contributed by atoms with Gasteiger partial charge in [-0.2, -0.15) is 5.26 Å². The van der Waals surface area contributed by atoms with E-state index in [0.717, 1.165) is 0 Å². The van der Waals surface area contributed by atoms with E-state index in [-0.39, 0.29) is 11.4 Å². The summed E-state index contributed by atoms with van der Waals surface area (Å²) in [6.07, 6.45) is 0.